The van der Waals surface area contributed by atoms with Crippen LogP contribution in [0.5, 0.6) is 0 Å². The van der Waals surface area contributed by atoms with Crippen LogP contribution in [0.25, 0.3) is 0 Å². The minimum absolute atomic E-state index is 0.178. The Hall–Kier alpha value is -2.75. The number of thioether (sulfide) groups is 1. The van der Waals surface area contributed by atoms with E-state index in [1.165, 1.54) is 16.7 Å². The lowest BCUT2D eigenvalue weighted by atomic mass is 9.96. The molecule has 0 radical (unpaired) electrons. The fourth-order valence-electron chi connectivity index (χ4n) is 3.76. The Morgan fingerprint density at radius 1 is 1.18 bits per heavy atom. The molecule has 0 fully saturated rings. The van der Waals surface area contributed by atoms with Crippen molar-refractivity contribution in [1.82, 2.24) is 10.6 Å². The van der Waals surface area contributed by atoms with E-state index in [4.69, 9.17) is 0 Å². The average Bonchev–Trinajstić information content (AvgIpc) is 2.77. The third-order valence-electron chi connectivity index (χ3n) is 5.82. The smallest absolute Gasteiger partial charge is 0.326 e. The molecule has 0 spiro atoms. The topological polar surface area (TPSA) is 128 Å². The second-order valence-corrected chi connectivity index (χ2v) is 9.54. The first-order valence-electron chi connectivity index (χ1n) is 11.1. The van der Waals surface area contributed by atoms with Gasteiger partial charge in [0, 0.05) is 0 Å². The molecule has 33 heavy (non-hydrogen) atoms. The van der Waals surface area contributed by atoms with Crippen molar-refractivity contribution in [3.63, 3.8) is 0 Å². The first-order chi connectivity index (χ1) is 15.6. The van der Waals surface area contributed by atoms with Crippen LogP contribution in [-0.2, 0) is 14.4 Å². The Morgan fingerprint density at radius 2 is 1.85 bits per heavy atom. The molecule has 2 rings (SSSR count). The Morgan fingerprint density at radius 3 is 2.42 bits per heavy atom. The van der Waals surface area contributed by atoms with E-state index in [9.17, 15) is 24.3 Å². The predicted molar refractivity (Wildman–Crippen MR) is 131 cm³/mol. The molecule has 182 valence electrons. The van der Waals surface area contributed by atoms with Crippen LogP contribution in [0.1, 0.15) is 40.5 Å². The predicted octanol–water partition coefficient (Wildman–Crippen LogP) is 2.92. The Balaban J connectivity index is 2.32. The number of fused-ring (bicyclic) bond motifs is 1. The third kappa shape index (κ3) is 6.40. The van der Waals surface area contributed by atoms with Crippen molar-refractivity contribution >= 4 is 47.0 Å². The van der Waals surface area contributed by atoms with E-state index in [1.807, 2.05) is 34.0 Å². The maximum absolute atomic E-state index is 13.5. The molecule has 4 atom stereocenters. The number of rotatable bonds is 10. The molecule has 4 amide bonds. The summed E-state index contributed by atoms with van der Waals surface area (Å²) in [5, 5.41) is 17.7. The molecule has 0 bridgehead atoms. The van der Waals surface area contributed by atoms with Crippen LogP contribution in [0.3, 0.4) is 0 Å². The van der Waals surface area contributed by atoms with E-state index in [2.05, 4.69) is 16.0 Å². The highest BCUT2D eigenvalue weighted by atomic mass is 32.2. The number of nitrogens with one attached hydrogen (secondary N) is 3. The van der Waals surface area contributed by atoms with Gasteiger partial charge in [-0.2, -0.15) is 11.8 Å². The van der Waals surface area contributed by atoms with Gasteiger partial charge in [0.25, 0.3) is 0 Å². The molecule has 1 aliphatic rings. The zero-order valence-electron chi connectivity index (χ0n) is 19.8. The fourth-order valence-corrected chi connectivity index (χ4v) is 4.23. The number of carboxylic acid groups (broad SMARTS) is 1. The largest absolute Gasteiger partial charge is 0.480 e. The molecule has 1 aliphatic heterocycles. The highest BCUT2D eigenvalue weighted by Gasteiger charge is 2.40. The van der Waals surface area contributed by atoms with Crippen LogP contribution in [0.4, 0.5) is 16.2 Å². The first kappa shape index (κ1) is 26.5. The summed E-state index contributed by atoms with van der Waals surface area (Å²) in [6.45, 7) is 7.40. The summed E-state index contributed by atoms with van der Waals surface area (Å²) in [5.74, 6) is -1.83. The zero-order chi connectivity index (χ0) is 24.7. The number of hydrogen-bond donors (Lipinski definition) is 4. The van der Waals surface area contributed by atoms with Crippen molar-refractivity contribution in [2.45, 2.75) is 58.7 Å². The Kier molecular flexibility index (Phi) is 9.57. The maximum Gasteiger partial charge on any atom is 0.326 e. The molecule has 0 saturated heterocycles. The highest BCUT2D eigenvalue weighted by Crippen LogP contribution is 2.34. The third-order valence-corrected chi connectivity index (χ3v) is 6.46. The molecule has 1 heterocycles. The summed E-state index contributed by atoms with van der Waals surface area (Å²) in [5.41, 5.74) is 1.06. The van der Waals surface area contributed by atoms with Gasteiger partial charge in [-0.3, -0.25) is 14.5 Å². The van der Waals surface area contributed by atoms with Crippen LogP contribution in [-0.4, -0.2) is 59.1 Å². The quantitative estimate of drug-likeness (QED) is 0.409. The monoisotopic (exact) mass is 478 g/mol. The van der Waals surface area contributed by atoms with Gasteiger partial charge in [0.05, 0.1) is 11.4 Å². The minimum atomic E-state index is -1.12. The van der Waals surface area contributed by atoms with Gasteiger partial charge in [-0.1, -0.05) is 46.2 Å². The van der Waals surface area contributed by atoms with Gasteiger partial charge < -0.3 is 21.1 Å². The molecule has 0 aliphatic carbocycles. The molecule has 0 unspecified atom stereocenters. The second kappa shape index (κ2) is 11.9. The zero-order valence-corrected chi connectivity index (χ0v) is 20.6. The normalized spacial score (nSPS) is 18.1. The van der Waals surface area contributed by atoms with Crippen LogP contribution in [0.2, 0.25) is 0 Å². The van der Waals surface area contributed by atoms with Gasteiger partial charge in [0.1, 0.15) is 18.1 Å². The number of nitrogens with zero attached hydrogens (tertiary/aromatic N) is 1. The summed E-state index contributed by atoms with van der Waals surface area (Å²) in [4.78, 5) is 52.3. The van der Waals surface area contributed by atoms with Crippen molar-refractivity contribution in [2.75, 3.05) is 22.2 Å². The van der Waals surface area contributed by atoms with Gasteiger partial charge in [0.15, 0.2) is 0 Å². The fraction of sp³-hybridized carbons (Fsp3) is 0.565. The van der Waals surface area contributed by atoms with E-state index < -0.39 is 36.0 Å². The molecule has 1 aromatic carbocycles. The number of carbonyl (C=O) groups is 4. The van der Waals surface area contributed by atoms with E-state index in [0.29, 0.717) is 23.5 Å². The lowest BCUT2D eigenvalue weighted by Crippen LogP contribution is -2.61. The Labute approximate surface area is 199 Å². The molecular weight excluding hydrogens is 444 g/mol. The van der Waals surface area contributed by atoms with Gasteiger partial charge >= 0.3 is 12.0 Å². The standard InChI is InChI=1S/C23H34N4O5S/c1-6-14(4)18(20(28)25-16(22(30)31)11-12-33-5)26-23(32)27-17-10-8-7-9-15(17)24-21(29)19(27)13(2)3/h7-10,13-14,16,18-19H,6,11-12H2,1-5H3,(H,24,29)(H,25,28)(H,26,32)(H,30,31)/t14-,16+,18-,19+/m0/s1. The number of aliphatic carboxylic acids is 1. The van der Waals surface area contributed by atoms with Gasteiger partial charge in [-0.15, -0.1) is 0 Å². The van der Waals surface area contributed by atoms with Gasteiger partial charge in [0.2, 0.25) is 11.8 Å². The summed E-state index contributed by atoms with van der Waals surface area (Å²) in [7, 11) is 0. The Bertz CT molecular complexity index is 878. The first-order valence-corrected chi connectivity index (χ1v) is 12.5. The van der Waals surface area contributed by atoms with E-state index in [1.54, 1.807) is 24.3 Å². The molecule has 0 saturated carbocycles. The maximum atomic E-state index is 13.5. The number of amides is 4. The molecule has 0 aromatic heterocycles. The summed E-state index contributed by atoms with van der Waals surface area (Å²) < 4.78 is 0. The molecule has 9 nitrogen and oxygen atoms in total. The van der Waals surface area contributed by atoms with Crippen LogP contribution >= 0.6 is 11.8 Å². The van der Waals surface area contributed by atoms with Crippen LogP contribution in [0.15, 0.2) is 24.3 Å². The SMILES string of the molecule is CC[C@H](C)[C@H](NC(=O)N1c2ccccc2NC(=O)[C@H]1C(C)C)C(=O)N[C@H](CCSC)C(=O)O. The van der Waals surface area contributed by atoms with Crippen molar-refractivity contribution in [1.29, 1.82) is 0 Å². The van der Waals surface area contributed by atoms with Crippen LogP contribution in [0, 0.1) is 11.8 Å². The summed E-state index contributed by atoms with van der Waals surface area (Å²) >= 11 is 1.49. The molecule has 1 aromatic rings. The van der Waals surface area contributed by atoms with Gasteiger partial charge in [-0.05, 0) is 42.4 Å². The van der Waals surface area contributed by atoms with E-state index in [0.717, 1.165) is 0 Å². The number of hydrogen-bond acceptors (Lipinski definition) is 5. The van der Waals surface area contributed by atoms with Crippen molar-refractivity contribution in [3.8, 4) is 0 Å². The lowest BCUT2D eigenvalue weighted by Gasteiger charge is -2.39. The average molecular weight is 479 g/mol. The summed E-state index contributed by atoms with van der Waals surface area (Å²) in [6.07, 6.45) is 2.73. The summed E-state index contributed by atoms with van der Waals surface area (Å²) in [6, 6.07) is 3.66. The van der Waals surface area contributed by atoms with E-state index >= 15 is 0 Å². The number of benzene rings is 1. The van der Waals surface area contributed by atoms with E-state index in [-0.39, 0.29) is 24.2 Å². The van der Waals surface area contributed by atoms with Crippen molar-refractivity contribution in [3.05, 3.63) is 24.3 Å². The number of urea groups is 1. The number of para-hydroxylation sites is 2. The highest BCUT2D eigenvalue weighted by molar-refractivity contribution is 7.98. The number of carbonyl (C=O) groups excluding carboxylic acids is 3. The molecule has 4 N–H and O–H groups in total. The number of anilines is 2. The van der Waals surface area contributed by atoms with Crippen molar-refractivity contribution in [2.24, 2.45) is 11.8 Å². The van der Waals surface area contributed by atoms with Crippen molar-refractivity contribution < 1.29 is 24.3 Å². The van der Waals surface area contributed by atoms with Crippen LogP contribution < -0.4 is 20.9 Å². The second-order valence-electron chi connectivity index (χ2n) is 8.56. The van der Waals surface area contributed by atoms with Gasteiger partial charge in [-0.25, -0.2) is 9.59 Å². The number of carboxylic acids is 1. The minimum Gasteiger partial charge on any atom is -0.480 e. The molecular formula is C23H34N4O5S. The lowest BCUT2D eigenvalue weighted by molar-refractivity contribution is -0.142. The molecule has 10 heteroatoms.